The smallest absolute Gasteiger partial charge is 0.288 e. The summed E-state index contributed by atoms with van der Waals surface area (Å²) < 4.78 is 35.3. The van der Waals surface area contributed by atoms with Crippen molar-refractivity contribution in [2.45, 2.75) is 71.8 Å². The standard InChI is InChI=1S/C45H49N3O9/c1-31-23-36(44(50)47-18-6-4-7-19-47)12-16-40(31)55-28-33-24-34(26-39(25-33)54-22-21-53-38-14-10-35(11-15-38)32(2)49)29-56-41-17-13-37(27-42(41)52-3)45(51)48-20-8-5-9-43(48)57-30-46/h10-17,23-27,43H,4-9,18-22,28-29H2,1-3H3/t43-/m1/s1. The molecule has 0 spiro atoms. The van der Waals surface area contributed by atoms with Gasteiger partial charge < -0.3 is 38.2 Å². The quantitative estimate of drug-likeness (QED) is 0.0628. The lowest BCUT2D eigenvalue weighted by atomic mass is 10.1. The van der Waals surface area contributed by atoms with E-state index in [-0.39, 0.29) is 44.0 Å². The lowest BCUT2D eigenvalue weighted by molar-refractivity contribution is -0.0141. The van der Waals surface area contributed by atoms with Gasteiger partial charge in [0.05, 0.1) is 7.11 Å². The van der Waals surface area contributed by atoms with E-state index >= 15 is 0 Å². The summed E-state index contributed by atoms with van der Waals surface area (Å²) in [5, 5.41) is 9.08. The predicted octanol–water partition coefficient (Wildman–Crippen LogP) is 7.90. The minimum atomic E-state index is -0.589. The molecule has 0 saturated carbocycles. The van der Waals surface area contributed by atoms with Gasteiger partial charge in [-0.2, -0.15) is 5.26 Å². The van der Waals surface area contributed by atoms with E-state index in [1.54, 1.807) is 53.6 Å². The van der Waals surface area contributed by atoms with E-state index in [1.165, 1.54) is 14.0 Å². The van der Waals surface area contributed by atoms with Crippen LogP contribution in [-0.2, 0) is 18.0 Å². The highest BCUT2D eigenvalue weighted by atomic mass is 16.5. The first-order chi connectivity index (χ1) is 27.7. The van der Waals surface area contributed by atoms with Crippen LogP contribution < -0.4 is 23.7 Å². The Bertz CT molecular complexity index is 2070. The van der Waals surface area contributed by atoms with E-state index in [2.05, 4.69) is 0 Å². The van der Waals surface area contributed by atoms with Gasteiger partial charge in [0.15, 0.2) is 23.5 Å². The Kier molecular flexibility index (Phi) is 13.9. The Morgan fingerprint density at radius 1 is 0.667 bits per heavy atom. The summed E-state index contributed by atoms with van der Waals surface area (Å²) in [4.78, 5) is 41.6. The molecule has 4 aromatic rings. The number of amides is 2. The second kappa shape index (κ2) is 19.6. The van der Waals surface area contributed by atoms with Crippen LogP contribution in [0.25, 0.3) is 0 Å². The molecule has 0 unspecified atom stereocenters. The maximum absolute atomic E-state index is 13.4. The molecule has 2 saturated heterocycles. The molecule has 2 amide bonds. The second-order valence-electron chi connectivity index (χ2n) is 14.2. The number of carbonyl (C=O) groups excluding carboxylic acids is 3. The zero-order chi connectivity index (χ0) is 40.1. The van der Waals surface area contributed by atoms with Crippen LogP contribution in [0.1, 0.15) is 93.2 Å². The minimum Gasteiger partial charge on any atom is -0.493 e. The first-order valence-corrected chi connectivity index (χ1v) is 19.4. The summed E-state index contributed by atoms with van der Waals surface area (Å²) >= 11 is 0. The van der Waals surface area contributed by atoms with Crippen molar-refractivity contribution >= 4 is 17.6 Å². The van der Waals surface area contributed by atoms with Gasteiger partial charge in [-0.1, -0.05) is 0 Å². The number of ether oxygens (including phenoxy) is 6. The fourth-order valence-corrected chi connectivity index (χ4v) is 7.03. The van der Waals surface area contributed by atoms with E-state index in [1.807, 2.05) is 48.2 Å². The molecule has 298 valence electrons. The fraction of sp³-hybridized carbons (Fsp3) is 0.378. The average molecular weight is 776 g/mol. The molecule has 0 aromatic heterocycles. The van der Waals surface area contributed by atoms with Gasteiger partial charge in [0.2, 0.25) is 0 Å². The van der Waals surface area contributed by atoms with E-state index in [0.29, 0.717) is 58.4 Å². The number of rotatable bonds is 16. The van der Waals surface area contributed by atoms with Crippen molar-refractivity contribution in [2.75, 3.05) is 40.0 Å². The number of carbonyl (C=O) groups is 3. The summed E-state index contributed by atoms with van der Waals surface area (Å²) in [7, 11) is 1.51. The number of methoxy groups -OCH3 is 1. The summed E-state index contributed by atoms with van der Waals surface area (Å²) in [6, 6.07) is 23.3. The van der Waals surface area contributed by atoms with Crippen LogP contribution in [0.5, 0.6) is 28.7 Å². The minimum absolute atomic E-state index is 0.0106. The maximum Gasteiger partial charge on any atom is 0.288 e. The zero-order valence-corrected chi connectivity index (χ0v) is 32.8. The number of benzene rings is 4. The molecule has 0 N–H and O–H groups in total. The molecule has 0 aliphatic carbocycles. The fourth-order valence-electron chi connectivity index (χ4n) is 7.03. The predicted molar refractivity (Wildman–Crippen MR) is 212 cm³/mol. The molecule has 2 aliphatic rings. The number of nitriles is 1. The topological polar surface area (TPSA) is 137 Å². The highest BCUT2D eigenvalue weighted by Crippen LogP contribution is 2.32. The van der Waals surface area contributed by atoms with Crippen molar-refractivity contribution in [2.24, 2.45) is 0 Å². The third-order valence-electron chi connectivity index (χ3n) is 10.1. The monoisotopic (exact) mass is 775 g/mol. The van der Waals surface area contributed by atoms with Gasteiger partial charge in [-0.05, 0) is 142 Å². The van der Waals surface area contributed by atoms with E-state index in [4.69, 9.17) is 33.7 Å². The molecular formula is C45H49N3O9. The number of ketones is 1. The molecule has 1 atom stereocenters. The lowest BCUT2D eigenvalue weighted by Gasteiger charge is -2.33. The molecule has 57 heavy (non-hydrogen) atoms. The van der Waals surface area contributed by atoms with Gasteiger partial charge in [0.25, 0.3) is 18.1 Å². The van der Waals surface area contributed by atoms with Crippen molar-refractivity contribution in [1.29, 1.82) is 5.26 Å². The summed E-state index contributed by atoms with van der Waals surface area (Å²) in [5.74, 6) is 2.52. The van der Waals surface area contributed by atoms with Crippen LogP contribution in [0.4, 0.5) is 0 Å². The second-order valence-corrected chi connectivity index (χ2v) is 14.2. The number of nitrogens with zero attached hydrogens (tertiary/aromatic N) is 3. The molecule has 12 nitrogen and oxygen atoms in total. The summed E-state index contributed by atoms with van der Waals surface area (Å²) in [6.07, 6.45) is 6.67. The first kappa shape index (κ1) is 40.4. The van der Waals surface area contributed by atoms with Crippen molar-refractivity contribution in [1.82, 2.24) is 9.80 Å². The molecule has 12 heteroatoms. The van der Waals surface area contributed by atoms with Gasteiger partial charge in [-0.15, -0.1) is 0 Å². The van der Waals surface area contributed by atoms with Crippen molar-refractivity contribution in [3.8, 4) is 35.0 Å². The van der Waals surface area contributed by atoms with Crippen molar-refractivity contribution < 1.29 is 42.8 Å². The van der Waals surface area contributed by atoms with Crippen LogP contribution in [-0.4, -0.2) is 73.6 Å². The molecule has 4 aromatic carbocycles. The Labute approximate surface area is 333 Å². The van der Waals surface area contributed by atoms with Gasteiger partial charge >= 0.3 is 0 Å². The maximum atomic E-state index is 13.4. The molecule has 2 fully saturated rings. The molecule has 0 bridgehead atoms. The van der Waals surface area contributed by atoms with Crippen LogP contribution in [0.2, 0.25) is 0 Å². The van der Waals surface area contributed by atoms with Crippen LogP contribution in [0.3, 0.4) is 0 Å². The average Bonchev–Trinajstić information content (AvgIpc) is 3.24. The summed E-state index contributed by atoms with van der Waals surface area (Å²) in [5.41, 5.74) is 4.18. The van der Waals surface area contributed by atoms with E-state index in [9.17, 15) is 14.4 Å². The molecule has 0 radical (unpaired) electrons. The lowest BCUT2D eigenvalue weighted by Crippen LogP contribution is -2.44. The van der Waals surface area contributed by atoms with Gasteiger partial charge in [0, 0.05) is 42.7 Å². The Hall–Kier alpha value is -6.22. The number of Topliss-reactive ketones (excluding diaryl/α,β-unsaturated/α-hetero) is 1. The Morgan fingerprint density at radius 2 is 1.28 bits per heavy atom. The van der Waals surface area contributed by atoms with Crippen molar-refractivity contribution in [3.05, 3.63) is 112 Å². The third-order valence-corrected chi connectivity index (χ3v) is 10.1. The van der Waals surface area contributed by atoms with E-state index < -0.39 is 6.23 Å². The zero-order valence-electron chi connectivity index (χ0n) is 32.8. The van der Waals surface area contributed by atoms with Gasteiger partial charge in [-0.25, -0.2) is 0 Å². The highest BCUT2D eigenvalue weighted by molar-refractivity contribution is 5.96. The number of aryl methyl sites for hydroxylation is 1. The molecular weight excluding hydrogens is 727 g/mol. The Balaban J connectivity index is 1.14. The van der Waals surface area contributed by atoms with Crippen LogP contribution >= 0.6 is 0 Å². The first-order valence-electron chi connectivity index (χ1n) is 19.4. The largest absolute Gasteiger partial charge is 0.493 e. The Morgan fingerprint density at radius 3 is 1.93 bits per heavy atom. The van der Waals surface area contributed by atoms with Gasteiger partial charge in [0.1, 0.15) is 43.7 Å². The van der Waals surface area contributed by atoms with Crippen molar-refractivity contribution in [3.63, 3.8) is 0 Å². The number of likely N-dealkylation sites (tertiary alicyclic amines) is 2. The highest BCUT2D eigenvalue weighted by Gasteiger charge is 2.29. The SMILES string of the molecule is COc1cc(C(=O)N2CCCC[C@H]2OC#N)ccc1OCc1cc(COc2ccc(C(=O)N3CCCCC3)cc2C)cc(OCCOc2ccc(C(C)=O)cc2)c1. The molecule has 2 aliphatic heterocycles. The van der Waals surface area contributed by atoms with Crippen LogP contribution in [0.15, 0.2) is 78.9 Å². The number of hydrogen-bond donors (Lipinski definition) is 0. The van der Waals surface area contributed by atoms with Crippen LogP contribution in [0, 0.1) is 18.4 Å². The number of piperidine rings is 2. The molecule has 6 rings (SSSR count). The van der Waals surface area contributed by atoms with Gasteiger partial charge in [-0.3, -0.25) is 14.4 Å². The molecule has 2 heterocycles. The normalized spacial score (nSPS) is 15.2. The number of hydrogen-bond acceptors (Lipinski definition) is 10. The summed E-state index contributed by atoms with van der Waals surface area (Å²) in [6.45, 7) is 6.46. The van der Waals surface area contributed by atoms with E-state index in [0.717, 1.165) is 61.9 Å². The third kappa shape index (κ3) is 10.8.